The van der Waals surface area contributed by atoms with E-state index in [2.05, 4.69) is 39.8 Å². The first kappa shape index (κ1) is 13.5. The molecule has 1 nitrogen and oxygen atoms in total. The van der Waals surface area contributed by atoms with E-state index < -0.39 is 0 Å². The van der Waals surface area contributed by atoms with E-state index in [0.29, 0.717) is 0 Å². The van der Waals surface area contributed by atoms with Crippen LogP contribution < -0.4 is 5.73 Å². The summed E-state index contributed by atoms with van der Waals surface area (Å²) >= 11 is 0. The van der Waals surface area contributed by atoms with Crippen LogP contribution in [0.15, 0.2) is 23.3 Å². The molecule has 1 unspecified atom stereocenters. The fraction of sp³-hybridized carbons (Fsp3) is 0.733. The van der Waals surface area contributed by atoms with Gasteiger partial charge in [-0.25, -0.2) is 0 Å². The smallest absolute Gasteiger partial charge is 0.0224 e. The summed E-state index contributed by atoms with van der Waals surface area (Å²) in [6.45, 7) is 9.01. The Balaban J connectivity index is 2.77. The topological polar surface area (TPSA) is 26.0 Å². The Morgan fingerprint density at radius 2 is 2.06 bits per heavy atom. The van der Waals surface area contributed by atoms with Crippen LogP contribution in [0.25, 0.3) is 0 Å². The van der Waals surface area contributed by atoms with Crippen LogP contribution in [0.2, 0.25) is 0 Å². The maximum absolute atomic E-state index is 5.95. The zero-order chi connectivity index (χ0) is 12.1. The van der Waals surface area contributed by atoms with Gasteiger partial charge in [-0.2, -0.15) is 0 Å². The van der Waals surface area contributed by atoms with Crippen LogP contribution in [0.5, 0.6) is 0 Å². The van der Waals surface area contributed by atoms with E-state index in [9.17, 15) is 0 Å². The lowest BCUT2D eigenvalue weighted by Gasteiger charge is -2.36. The Morgan fingerprint density at radius 3 is 2.44 bits per heavy atom. The van der Waals surface area contributed by atoms with Crippen molar-refractivity contribution in [2.24, 2.45) is 17.6 Å². The maximum Gasteiger partial charge on any atom is 0.0224 e. The van der Waals surface area contributed by atoms with Crippen LogP contribution in [0.1, 0.15) is 53.4 Å². The lowest BCUT2D eigenvalue weighted by Crippen LogP contribution is -2.25. The molecule has 92 valence electrons. The fourth-order valence-electron chi connectivity index (χ4n) is 2.28. The van der Waals surface area contributed by atoms with Crippen molar-refractivity contribution in [2.75, 3.05) is 0 Å². The normalized spacial score (nSPS) is 28.8. The van der Waals surface area contributed by atoms with Gasteiger partial charge in [0.15, 0.2) is 0 Å². The SMILES string of the molecule is CC/C(C)=C(/C=C\C(N)CC)[C@H]1CC[C@H]1C. The van der Waals surface area contributed by atoms with Gasteiger partial charge in [0.1, 0.15) is 0 Å². The number of hydrogen-bond acceptors (Lipinski definition) is 1. The molecule has 0 spiro atoms. The van der Waals surface area contributed by atoms with Crippen LogP contribution in [0, 0.1) is 11.8 Å². The molecule has 16 heavy (non-hydrogen) atoms. The molecule has 0 heterocycles. The van der Waals surface area contributed by atoms with Gasteiger partial charge in [-0.1, -0.05) is 38.5 Å². The minimum atomic E-state index is 0.218. The molecule has 0 aliphatic heterocycles. The molecule has 1 aliphatic carbocycles. The van der Waals surface area contributed by atoms with Crippen molar-refractivity contribution in [3.63, 3.8) is 0 Å². The lowest BCUT2D eigenvalue weighted by atomic mass is 9.69. The minimum absolute atomic E-state index is 0.218. The second-order valence-corrected chi connectivity index (χ2v) is 5.18. The van der Waals surface area contributed by atoms with Crippen molar-refractivity contribution < 1.29 is 0 Å². The van der Waals surface area contributed by atoms with Crippen LogP contribution >= 0.6 is 0 Å². The first-order chi connectivity index (χ1) is 7.60. The van der Waals surface area contributed by atoms with Gasteiger partial charge in [0.05, 0.1) is 0 Å². The predicted molar refractivity (Wildman–Crippen MR) is 72.3 cm³/mol. The van der Waals surface area contributed by atoms with Gasteiger partial charge in [-0.05, 0) is 50.0 Å². The van der Waals surface area contributed by atoms with Crippen molar-refractivity contribution in [1.82, 2.24) is 0 Å². The Bertz CT molecular complexity index is 275. The van der Waals surface area contributed by atoms with E-state index in [1.165, 1.54) is 18.4 Å². The largest absolute Gasteiger partial charge is 0.324 e. The zero-order valence-electron chi connectivity index (χ0n) is 11.3. The van der Waals surface area contributed by atoms with Crippen molar-refractivity contribution in [2.45, 2.75) is 59.4 Å². The molecule has 0 aromatic rings. The van der Waals surface area contributed by atoms with Crippen molar-refractivity contribution in [3.8, 4) is 0 Å². The Hall–Kier alpha value is -0.560. The van der Waals surface area contributed by atoms with Crippen LogP contribution in [0.3, 0.4) is 0 Å². The molecule has 0 saturated heterocycles. The quantitative estimate of drug-likeness (QED) is 0.696. The Morgan fingerprint density at radius 1 is 1.38 bits per heavy atom. The summed E-state index contributed by atoms with van der Waals surface area (Å²) < 4.78 is 0. The molecule has 3 atom stereocenters. The summed E-state index contributed by atoms with van der Waals surface area (Å²) in [7, 11) is 0. The molecule has 1 saturated carbocycles. The van der Waals surface area contributed by atoms with Gasteiger partial charge in [0, 0.05) is 6.04 Å². The monoisotopic (exact) mass is 221 g/mol. The van der Waals surface area contributed by atoms with Gasteiger partial charge in [0.2, 0.25) is 0 Å². The number of hydrogen-bond donors (Lipinski definition) is 1. The molecule has 0 radical (unpaired) electrons. The van der Waals surface area contributed by atoms with Crippen LogP contribution in [-0.4, -0.2) is 6.04 Å². The first-order valence-electron chi connectivity index (χ1n) is 6.73. The third kappa shape index (κ3) is 3.21. The minimum Gasteiger partial charge on any atom is -0.324 e. The average Bonchev–Trinajstić information content (AvgIpc) is 2.30. The molecule has 0 aromatic carbocycles. The summed E-state index contributed by atoms with van der Waals surface area (Å²) in [6, 6.07) is 0.218. The lowest BCUT2D eigenvalue weighted by molar-refractivity contribution is 0.239. The van der Waals surface area contributed by atoms with E-state index >= 15 is 0 Å². The molecular formula is C15H27N. The highest BCUT2D eigenvalue weighted by atomic mass is 14.6. The molecule has 1 heteroatoms. The van der Waals surface area contributed by atoms with E-state index in [4.69, 9.17) is 5.73 Å². The predicted octanol–water partition coefficient (Wildman–Crippen LogP) is 4.05. The third-order valence-corrected chi connectivity index (χ3v) is 4.04. The summed E-state index contributed by atoms with van der Waals surface area (Å²) in [5.74, 6) is 1.65. The number of rotatable bonds is 5. The summed E-state index contributed by atoms with van der Waals surface area (Å²) in [6.07, 6.45) is 9.41. The second-order valence-electron chi connectivity index (χ2n) is 5.18. The molecule has 1 fully saturated rings. The molecule has 1 aliphatic rings. The molecule has 1 rings (SSSR count). The zero-order valence-corrected chi connectivity index (χ0v) is 11.3. The highest BCUT2D eigenvalue weighted by molar-refractivity contribution is 5.30. The van der Waals surface area contributed by atoms with Crippen molar-refractivity contribution in [1.29, 1.82) is 0 Å². The highest BCUT2D eigenvalue weighted by Crippen LogP contribution is 2.41. The number of nitrogens with two attached hydrogens (primary N) is 1. The molecule has 2 N–H and O–H groups in total. The first-order valence-corrected chi connectivity index (χ1v) is 6.73. The van der Waals surface area contributed by atoms with Crippen LogP contribution in [0.4, 0.5) is 0 Å². The summed E-state index contributed by atoms with van der Waals surface area (Å²) in [5.41, 5.74) is 9.05. The molecule has 0 bridgehead atoms. The van der Waals surface area contributed by atoms with Gasteiger partial charge in [-0.3, -0.25) is 0 Å². The molecule has 0 amide bonds. The third-order valence-electron chi connectivity index (χ3n) is 4.04. The highest BCUT2D eigenvalue weighted by Gasteiger charge is 2.29. The fourth-order valence-corrected chi connectivity index (χ4v) is 2.28. The van der Waals surface area contributed by atoms with E-state index in [1.807, 2.05) is 0 Å². The van der Waals surface area contributed by atoms with Gasteiger partial charge >= 0.3 is 0 Å². The summed E-state index contributed by atoms with van der Waals surface area (Å²) in [5, 5.41) is 0. The van der Waals surface area contributed by atoms with Gasteiger partial charge < -0.3 is 5.73 Å². The molecular weight excluding hydrogens is 194 g/mol. The Labute approximate surface area is 101 Å². The average molecular weight is 221 g/mol. The van der Waals surface area contributed by atoms with Gasteiger partial charge in [-0.15, -0.1) is 0 Å². The second kappa shape index (κ2) is 6.24. The maximum atomic E-state index is 5.95. The van der Waals surface area contributed by atoms with Gasteiger partial charge in [0.25, 0.3) is 0 Å². The van der Waals surface area contributed by atoms with Crippen LogP contribution in [-0.2, 0) is 0 Å². The van der Waals surface area contributed by atoms with E-state index in [0.717, 1.165) is 24.7 Å². The van der Waals surface area contributed by atoms with E-state index in [1.54, 1.807) is 5.57 Å². The number of allylic oxidation sites excluding steroid dienone is 3. The molecule has 0 aromatic heterocycles. The van der Waals surface area contributed by atoms with E-state index in [-0.39, 0.29) is 6.04 Å². The summed E-state index contributed by atoms with van der Waals surface area (Å²) in [4.78, 5) is 0. The standard InChI is InChI=1S/C15H27N/c1-5-11(3)14(10-8-13(16)6-2)15-9-7-12(15)4/h8,10,12-13,15H,5-7,9,16H2,1-4H3/b10-8-,14-11-/t12-,13?,15+/m1/s1. The Kier molecular flexibility index (Phi) is 5.27. The van der Waals surface area contributed by atoms with Crippen molar-refractivity contribution in [3.05, 3.63) is 23.3 Å². The van der Waals surface area contributed by atoms with Crippen molar-refractivity contribution >= 4 is 0 Å².